The van der Waals surface area contributed by atoms with Crippen LogP contribution in [-0.4, -0.2) is 35.7 Å². The average Bonchev–Trinajstić information content (AvgIpc) is 2.23. The van der Waals surface area contributed by atoms with Gasteiger partial charge in [-0.1, -0.05) is 20.8 Å². The lowest BCUT2D eigenvalue weighted by Crippen LogP contribution is -2.48. The van der Waals surface area contributed by atoms with Crippen molar-refractivity contribution < 1.29 is 9.53 Å². The summed E-state index contributed by atoms with van der Waals surface area (Å²) in [6, 6.07) is -0.750. The number of rotatable bonds is 6. The molecule has 0 atom stereocenters. The first kappa shape index (κ1) is 19.0. The Morgan fingerprint density at radius 2 is 1.60 bits per heavy atom. The maximum Gasteiger partial charge on any atom is 0.381 e. The van der Waals surface area contributed by atoms with Crippen molar-refractivity contribution in [2.24, 2.45) is 10.6 Å². The molecule has 0 N–H and O–H groups in total. The summed E-state index contributed by atoms with van der Waals surface area (Å²) < 4.78 is 5.96. The van der Waals surface area contributed by atoms with Crippen LogP contribution in [0.15, 0.2) is 5.18 Å². The van der Waals surface area contributed by atoms with E-state index in [9.17, 15) is 9.70 Å². The van der Waals surface area contributed by atoms with Crippen LogP contribution in [0.3, 0.4) is 0 Å². The molecule has 0 saturated carbocycles. The van der Waals surface area contributed by atoms with Gasteiger partial charge in [0.25, 0.3) is 0 Å². The first-order chi connectivity index (χ1) is 8.81. The Bertz CT molecular complexity index is 344. The molecule has 0 unspecified atom stereocenters. The second kappa shape index (κ2) is 6.66. The van der Waals surface area contributed by atoms with Crippen LogP contribution in [0.25, 0.3) is 0 Å². The first-order valence-corrected chi connectivity index (χ1v) is 7.06. The Morgan fingerprint density at radius 3 is 2.00 bits per heavy atom. The molecule has 0 radical (unpaired) electrons. The second-order valence-corrected chi connectivity index (χ2v) is 7.84. The molecule has 0 aromatic carbocycles. The van der Waals surface area contributed by atoms with Gasteiger partial charge in [0.05, 0.1) is 5.60 Å². The standard InChI is InChI=1S/C15H30N2O3/c1-13(2,3)9-10-20-15(6,7)11-14(4,5)17(8)12(18)16-19/h9-11H2,1-8H3. The maximum absolute atomic E-state index is 11.4. The SMILES string of the molecule is CN(C(=O)N=O)C(C)(C)CC(C)(C)OCCC(C)(C)C. The van der Waals surface area contributed by atoms with Gasteiger partial charge >= 0.3 is 6.03 Å². The maximum atomic E-state index is 11.4. The number of hydrogen-bond acceptors (Lipinski definition) is 3. The lowest BCUT2D eigenvalue weighted by molar-refractivity contribution is -0.0557. The van der Waals surface area contributed by atoms with Gasteiger partial charge in [-0.05, 0) is 46.0 Å². The second-order valence-electron chi connectivity index (χ2n) is 7.84. The van der Waals surface area contributed by atoms with Gasteiger partial charge in [-0.2, -0.15) is 0 Å². The number of nitrogens with zero attached hydrogens (tertiary/aromatic N) is 2. The molecule has 0 aliphatic heterocycles. The van der Waals surface area contributed by atoms with Gasteiger partial charge in [-0.3, -0.25) is 0 Å². The summed E-state index contributed by atoms with van der Waals surface area (Å²) in [5, 5.41) is 2.48. The number of carbonyl (C=O) groups is 1. The summed E-state index contributed by atoms with van der Waals surface area (Å²) in [5.74, 6) is 0. The largest absolute Gasteiger partial charge is 0.381 e. The summed E-state index contributed by atoms with van der Waals surface area (Å²) in [4.78, 5) is 23.1. The molecular formula is C15H30N2O3. The smallest absolute Gasteiger partial charge is 0.375 e. The molecular weight excluding hydrogens is 256 g/mol. The van der Waals surface area contributed by atoms with E-state index < -0.39 is 11.6 Å². The summed E-state index contributed by atoms with van der Waals surface area (Å²) in [7, 11) is 1.59. The van der Waals surface area contributed by atoms with Crippen LogP contribution >= 0.6 is 0 Å². The van der Waals surface area contributed by atoms with Crippen LogP contribution in [0.4, 0.5) is 4.79 Å². The zero-order chi connectivity index (χ0) is 16.2. The van der Waals surface area contributed by atoms with Crippen LogP contribution in [0.2, 0.25) is 0 Å². The van der Waals surface area contributed by atoms with E-state index in [1.807, 2.05) is 27.7 Å². The van der Waals surface area contributed by atoms with E-state index in [4.69, 9.17) is 4.74 Å². The van der Waals surface area contributed by atoms with Crippen molar-refractivity contribution >= 4 is 6.03 Å². The number of hydrogen-bond donors (Lipinski definition) is 0. The van der Waals surface area contributed by atoms with E-state index >= 15 is 0 Å². The van der Waals surface area contributed by atoms with Crippen LogP contribution < -0.4 is 0 Å². The number of urea groups is 1. The highest BCUT2D eigenvalue weighted by Crippen LogP contribution is 2.29. The summed E-state index contributed by atoms with van der Waals surface area (Å²) in [6.07, 6.45) is 1.60. The van der Waals surface area contributed by atoms with Crippen LogP contribution in [0.5, 0.6) is 0 Å². The number of nitroso groups, excluding NO2 is 1. The van der Waals surface area contributed by atoms with Crippen LogP contribution in [0.1, 0.15) is 61.3 Å². The molecule has 0 aromatic heterocycles. The molecule has 0 rings (SSSR count). The third kappa shape index (κ3) is 6.98. The Morgan fingerprint density at radius 1 is 1.10 bits per heavy atom. The zero-order valence-electron chi connectivity index (χ0n) is 14.2. The number of amides is 2. The Labute approximate surface area is 123 Å². The minimum Gasteiger partial charge on any atom is -0.375 e. The topological polar surface area (TPSA) is 59.0 Å². The fourth-order valence-electron chi connectivity index (χ4n) is 2.17. The molecule has 5 heteroatoms. The molecule has 20 heavy (non-hydrogen) atoms. The number of ether oxygens (including phenoxy) is 1. The summed E-state index contributed by atoms with van der Waals surface area (Å²) in [5.41, 5.74) is -0.623. The lowest BCUT2D eigenvalue weighted by Gasteiger charge is -2.40. The Balaban J connectivity index is 4.57. The first-order valence-electron chi connectivity index (χ1n) is 7.06. The van der Waals surface area contributed by atoms with E-state index in [-0.39, 0.29) is 11.0 Å². The lowest BCUT2D eigenvalue weighted by atomic mass is 9.88. The molecule has 118 valence electrons. The predicted molar refractivity (Wildman–Crippen MR) is 81.8 cm³/mol. The average molecular weight is 286 g/mol. The minimum atomic E-state index is -0.750. The van der Waals surface area contributed by atoms with Crippen molar-refractivity contribution in [2.75, 3.05) is 13.7 Å². The van der Waals surface area contributed by atoms with E-state index in [0.29, 0.717) is 13.0 Å². The summed E-state index contributed by atoms with van der Waals surface area (Å²) in [6.45, 7) is 15.0. The highest BCUT2D eigenvalue weighted by atomic mass is 16.5. The van der Waals surface area contributed by atoms with Gasteiger partial charge in [0, 0.05) is 24.4 Å². The van der Waals surface area contributed by atoms with Crippen molar-refractivity contribution in [1.29, 1.82) is 0 Å². The third-order valence-corrected chi connectivity index (χ3v) is 3.48. The molecule has 0 aromatic rings. The van der Waals surface area contributed by atoms with Crippen molar-refractivity contribution in [3.63, 3.8) is 0 Å². The van der Waals surface area contributed by atoms with E-state index in [2.05, 4.69) is 25.9 Å². The molecule has 5 nitrogen and oxygen atoms in total. The molecule has 0 aliphatic carbocycles. The highest BCUT2D eigenvalue weighted by molar-refractivity contribution is 5.75. The van der Waals surface area contributed by atoms with Gasteiger partial charge < -0.3 is 9.64 Å². The molecule has 0 saturated heterocycles. The fraction of sp³-hybridized carbons (Fsp3) is 0.933. The van der Waals surface area contributed by atoms with E-state index in [1.165, 1.54) is 4.90 Å². The third-order valence-electron chi connectivity index (χ3n) is 3.48. The molecule has 0 aliphatic rings. The van der Waals surface area contributed by atoms with Gasteiger partial charge in [0.2, 0.25) is 0 Å². The summed E-state index contributed by atoms with van der Waals surface area (Å²) >= 11 is 0. The van der Waals surface area contributed by atoms with Crippen molar-refractivity contribution in [1.82, 2.24) is 4.90 Å². The van der Waals surface area contributed by atoms with Crippen molar-refractivity contribution in [3.05, 3.63) is 4.91 Å². The number of carbonyl (C=O) groups excluding carboxylic acids is 1. The molecule has 0 fully saturated rings. The van der Waals surface area contributed by atoms with Gasteiger partial charge in [-0.15, -0.1) is 4.91 Å². The normalized spacial score (nSPS) is 13.2. The van der Waals surface area contributed by atoms with E-state index in [0.717, 1.165) is 6.42 Å². The van der Waals surface area contributed by atoms with E-state index in [1.54, 1.807) is 7.05 Å². The van der Waals surface area contributed by atoms with Crippen LogP contribution in [0, 0.1) is 10.3 Å². The predicted octanol–water partition coefficient (Wildman–Crippen LogP) is 4.20. The molecule has 2 amide bonds. The van der Waals surface area contributed by atoms with Crippen molar-refractivity contribution in [3.8, 4) is 0 Å². The molecule has 0 spiro atoms. The molecule has 0 heterocycles. The monoisotopic (exact) mass is 286 g/mol. The fourth-order valence-corrected chi connectivity index (χ4v) is 2.17. The van der Waals surface area contributed by atoms with Gasteiger partial charge in [0.1, 0.15) is 0 Å². The van der Waals surface area contributed by atoms with Crippen molar-refractivity contribution in [2.45, 2.75) is 72.4 Å². The minimum absolute atomic E-state index is 0.236. The Hall–Kier alpha value is -0.970. The Kier molecular flexibility index (Phi) is 6.33. The highest BCUT2D eigenvalue weighted by Gasteiger charge is 2.35. The van der Waals surface area contributed by atoms with Gasteiger partial charge in [-0.25, -0.2) is 4.79 Å². The zero-order valence-corrected chi connectivity index (χ0v) is 14.2. The quantitative estimate of drug-likeness (QED) is 0.687. The molecule has 0 bridgehead atoms. The van der Waals surface area contributed by atoms with Gasteiger partial charge in [0.15, 0.2) is 0 Å². The van der Waals surface area contributed by atoms with Crippen LogP contribution in [-0.2, 0) is 4.74 Å².